The van der Waals surface area contributed by atoms with Gasteiger partial charge in [-0.15, -0.1) is 0 Å². The van der Waals surface area contributed by atoms with Crippen LogP contribution < -0.4 is 0 Å². The smallest absolute Gasteiger partial charge is 0 e. The molecule has 0 rings (SSSR count). The van der Waals surface area contributed by atoms with Crippen LogP contribution in [-0.2, 0) is 31.0 Å². The van der Waals surface area contributed by atoms with Gasteiger partial charge in [-0.3, -0.25) is 4.79 Å². The first kappa shape index (κ1) is 15.7. The van der Waals surface area contributed by atoms with E-state index in [4.69, 9.17) is 9.90 Å². The average Bonchev–Trinajstić information content (AvgIpc) is 0.811. The van der Waals surface area contributed by atoms with Crippen molar-refractivity contribution in [1.29, 1.82) is 0 Å². The van der Waals surface area contributed by atoms with Crippen LogP contribution in [0.15, 0.2) is 0 Å². The molecule has 0 atom stereocenters. The predicted octanol–water partition coefficient (Wildman–Crippen LogP) is -0.560. The Morgan fingerprint density at radius 2 is 1.67 bits per heavy atom. The van der Waals surface area contributed by atoms with E-state index in [2.05, 4.69) is 0 Å². The molecule has 0 fully saturated rings. The maximum absolute atomic E-state index is 9.00. The minimum Gasteiger partial charge on any atom is 0 e. The quantitative estimate of drug-likeness (QED) is 0.521. The molecule has 0 unspecified atom stereocenters. The van der Waals surface area contributed by atoms with E-state index in [0.717, 1.165) is 6.92 Å². The van der Waals surface area contributed by atoms with Crippen molar-refractivity contribution in [3.8, 4) is 0 Å². The first-order valence-electron chi connectivity index (χ1n) is 0.928. The van der Waals surface area contributed by atoms with E-state index in [-0.39, 0.29) is 77.6 Å². The third kappa shape index (κ3) is 37.7. The molecule has 2 nitrogen and oxygen atoms in total. The number of rotatable bonds is 0. The first-order chi connectivity index (χ1) is 1.73. The van der Waals surface area contributed by atoms with Crippen LogP contribution in [0.1, 0.15) is 6.92 Å². The Morgan fingerprint density at radius 3 is 1.67 bits per heavy atom. The van der Waals surface area contributed by atoms with E-state index in [1.165, 1.54) is 0 Å². The zero-order chi connectivity index (χ0) is 3.58. The van der Waals surface area contributed by atoms with Crippen molar-refractivity contribution < 1.29 is 36.1 Å². The van der Waals surface area contributed by atoms with Crippen molar-refractivity contribution >= 4 is 57.4 Å². The Bertz CT molecular complexity index is 34.5. The van der Waals surface area contributed by atoms with Crippen LogP contribution >= 0.6 is 0 Å². The summed E-state index contributed by atoms with van der Waals surface area (Å²) in [7, 11) is 0. The Morgan fingerprint density at radius 1 is 1.67 bits per heavy atom. The van der Waals surface area contributed by atoms with E-state index in [1.807, 2.05) is 0 Å². The fourth-order valence-electron chi connectivity index (χ4n) is 0. The number of carbonyl (C=O) groups is 1. The number of hydrogen-bond donors (Lipinski definition) is 1. The SMILES string of the molecule is CC(=O)O.[KH].[Zr]. The van der Waals surface area contributed by atoms with Crippen LogP contribution in [0.25, 0.3) is 0 Å². The van der Waals surface area contributed by atoms with E-state index < -0.39 is 5.97 Å². The molecule has 0 aromatic rings. The van der Waals surface area contributed by atoms with E-state index in [0.29, 0.717) is 0 Å². The summed E-state index contributed by atoms with van der Waals surface area (Å²) >= 11 is 0. The molecule has 0 bridgehead atoms. The summed E-state index contributed by atoms with van der Waals surface area (Å²) in [5.41, 5.74) is 0. The molecule has 0 spiro atoms. The van der Waals surface area contributed by atoms with E-state index in [1.54, 1.807) is 0 Å². The fraction of sp³-hybridized carbons (Fsp3) is 0.500. The summed E-state index contributed by atoms with van der Waals surface area (Å²) in [5, 5.41) is 7.42. The molecule has 0 aliphatic carbocycles. The van der Waals surface area contributed by atoms with E-state index in [9.17, 15) is 0 Å². The van der Waals surface area contributed by atoms with Gasteiger partial charge >= 0.3 is 51.4 Å². The van der Waals surface area contributed by atoms with Gasteiger partial charge < -0.3 is 5.11 Å². The van der Waals surface area contributed by atoms with Gasteiger partial charge in [-0.25, -0.2) is 0 Å². The van der Waals surface area contributed by atoms with Gasteiger partial charge in [-0.2, -0.15) is 0 Å². The average molecular weight is 191 g/mol. The van der Waals surface area contributed by atoms with Crippen LogP contribution in [0.2, 0.25) is 0 Å². The molecule has 0 heterocycles. The van der Waals surface area contributed by atoms with Gasteiger partial charge in [0, 0.05) is 33.1 Å². The summed E-state index contributed by atoms with van der Waals surface area (Å²) in [5.74, 6) is -0.833. The zero-order valence-corrected chi connectivity index (χ0v) is 5.31. The largest absolute Gasteiger partial charge is 0 e. The number of carboxylic acid groups (broad SMARTS) is 1. The molecule has 0 aliphatic heterocycles. The fourth-order valence-corrected chi connectivity index (χ4v) is 0. The number of carboxylic acids is 1. The first-order valence-corrected chi connectivity index (χ1v) is 0.928. The monoisotopic (exact) mass is 190 g/mol. The Hall–Kier alpha value is 1.99. The standard InChI is InChI=1S/C2H4O2.K.Zr.H/c1-2(3)4;;;/h1H3,(H,3,4);;;. The molecular formula is C2H5KO2Zr. The maximum Gasteiger partial charge on any atom is 0 e. The second kappa shape index (κ2) is 10.1. The Kier molecular flexibility index (Phi) is 26.3. The Labute approximate surface area is 98.2 Å². The van der Waals surface area contributed by atoms with Gasteiger partial charge in [-0.05, 0) is 0 Å². The maximum atomic E-state index is 9.00. The third-order valence-corrected chi connectivity index (χ3v) is 0. The van der Waals surface area contributed by atoms with Crippen molar-refractivity contribution in [2.75, 3.05) is 0 Å². The van der Waals surface area contributed by atoms with Crippen LogP contribution in [0.5, 0.6) is 0 Å². The van der Waals surface area contributed by atoms with Gasteiger partial charge in [0.25, 0.3) is 5.97 Å². The molecule has 4 heteroatoms. The summed E-state index contributed by atoms with van der Waals surface area (Å²) in [6, 6.07) is 0. The second-order valence-corrected chi connectivity index (χ2v) is 0.519. The molecular weight excluding hydrogens is 186 g/mol. The zero-order valence-electron chi connectivity index (χ0n) is 2.86. The van der Waals surface area contributed by atoms with Gasteiger partial charge in [0.05, 0.1) is 0 Å². The molecule has 0 amide bonds. The van der Waals surface area contributed by atoms with Crippen LogP contribution in [0.4, 0.5) is 0 Å². The van der Waals surface area contributed by atoms with Gasteiger partial charge in [0.2, 0.25) is 0 Å². The Balaban J connectivity index is -0.0000000450. The summed E-state index contributed by atoms with van der Waals surface area (Å²) in [6.07, 6.45) is 0. The minimum absolute atomic E-state index is 0. The van der Waals surface area contributed by atoms with Crippen LogP contribution in [-0.4, -0.2) is 62.5 Å². The topological polar surface area (TPSA) is 37.3 Å². The second-order valence-electron chi connectivity index (χ2n) is 0.519. The molecule has 30 valence electrons. The number of aliphatic carboxylic acids is 1. The van der Waals surface area contributed by atoms with Gasteiger partial charge in [-0.1, -0.05) is 0 Å². The molecule has 0 aliphatic rings. The third-order valence-electron chi connectivity index (χ3n) is 0. The van der Waals surface area contributed by atoms with Crippen LogP contribution in [0.3, 0.4) is 0 Å². The van der Waals surface area contributed by atoms with Crippen LogP contribution in [0, 0.1) is 0 Å². The minimum atomic E-state index is -0.833. The summed E-state index contributed by atoms with van der Waals surface area (Å²) in [6.45, 7) is 1.08. The summed E-state index contributed by atoms with van der Waals surface area (Å²) < 4.78 is 0. The van der Waals surface area contributed by atoms with Crippen molar-refractivity contribution in [2.24, 2.45) is 0 Å². The molecule has 0 aromatic carbocycles. The van der Waals surface area contributed by atoms with Gasteiger partial charge in [0.15, 0.2) is 0 Å². The van der Waals surface area contributed by atoms with Crippen molar-refractivity contribution in [2.45, 2.75) is 6.92 Å². The molecule has 0 radical (unpaired) electrons. The molecule has 0 saturated carbocycles. The predicted molar refractivity (Wildman–Crippen MR) is 20.5 cm³/mol. The summed E-state index contributed by atoms with van der Waals surface area (Å²) in [4.78, 5) is 9.00. The van der Waals surface area contributed by atoms with Gasteiger partial charge in [0.1, 0.15) is 0 Å². The van der Waals surface area contributed by atoms with Crippen molar-refractivity contribution in [3.05, 3.63) is 0 Å². The van der Waals surface area contributed by atoms with Crippen molar-refractivity contribution in [3.63, 3.8) is 0 Å². The molecule has 6 heavy (non-hydrogen) atoms. The molecule has 0 saturated heterocycles. The molecule has 1 N–H and O–H groups in total. The normalized spacial score (nSPS) is 4.17. The molecule has 0 aromatic heterocycles. The van der Waals surface area contributed by atoms with E-state index >= 15 is 0 Å². The number of hydrogen-bond acceptors (Lipinski definition) is 1. The van der Waals surface area contributed by atoms with Crippen molar-refractivity contribution in [1.82, 2.24) is 0 Å².